The minimum Gasteiger partial charge on any atom is -0.352 e. The number of amides is 2. The van der Waals surface area contributed by atoms with Gasteiger partial charge in [0.15, 0.2) is 0 Å². The van der Waals surface area contributed by atoms with E-state index in [1.165, 1.54) is 17.0 Å². The van der Waals surface area contributed by atoms with Gasteiger partial charge in [-0.2, -0.15) is 0 Å². The van der Waals surface area contributed by atoms with Crippen LogP contribution in [0.15, 0.2) is 48.5 Å². The van der Waals surface area contributed by atoms with Crippen LogP contribution < -0.4 is 9.62 Å². The van der Waals surface area contributed by atoms with Crippen LogP contribution >= 0.6 is 0 Å². The topological polar surface area (TPSA) is 86.8 Å². The second-order valence-electron chi connectivity index (χ2n) is 9.17. The minimum absolute atomic E-state index is 0.0567. The molecule has 9 heteroatoms. The van der Waals surface area contributed by atoms with Crippen LogP contribution in [0.3, 0.4) is 0 Å². The number of aryl methyl sites for hydroxylation is 1. The van der Waals surface area contributed by atoms with Crippen molar-refractivity contribution < 1.29 is 22.4 Å². The Labute approximate surface area is 207 Å². The van der Waals surface area contributed by atoms with Gasteiger partial charge in [-0.05, 0) is 61.6 Å². The summed E-state index contributed by atoms with van der Waals surface area (Å²) in [5, 5.41) is 3.06. The predicted molar refractivity (Wildman–Crippen MR) is 135 cm³/mol. The molecule has 2 amide bonds. The van der Waals surface area contributed by atoms with Crippen molar-refractivity contribution in [3.8, 4) is 0 Å². The average molecular weight is 504 g/mol. The fourth-order valence-electron chi connectivity index (χ4n) is 4.47. The molecule has 0 bridgehead atoms. The number of nitrogens with one attached hydrogen (secondary N) is 1. The van der Waals surface area contributed by atoms with Gasteiger partial charge in [0.2, 0.25) is 21.8 Å². The number of hydrogen-bond donors (Lipinski definition) is 1. The van der Waals surface area contributed by atoms with Crippen LogP contribution in [-0.2, 0) is 26.2 Å². The van der Waals surface area contributed by atoms with Gasteiger partial charge in [-0.3, -0.25) is 13.9 Å². The van der Waals surface area contributed by atoms with Crippen LogP contribution in [0.2, 0.25) is 0 Å². The smallest absolute Gasteiger partial charge is 0.244 e. The molecule has 0 radical (unpaired) electrons. The first-order valence-corrected chi connectivity index (χ1v) is 13.8. The fraction of sp³-hybridized carbons (Fsp3) is 0.462. The third-order valence-corrected chi connectivity index (χ3v) is 7.46. The van der Waals surface area contributed by atoms with Gasteiger partial charge in [0.25, 0.3) is 0 Å². The van der Waals surface area contributed by atoms with Gasteiger partial charge in [0.05, 0.1) is 11.9 Å². The van der Waals surface area contributed by atoms with Crippen LogP contribution in [0.4, 0.5) is 10.1 Å². The lowest BCUT2D eigenvalue weighted by Gasteiger charge is -2.33. The lowest BCUT2D eigenvalue weighted by Crippen LogP contribution is -2.53. The molecule has 0 unspecified atom stereocenters. The summed E-state index contributed by atoms with van der Waals surface area (Å²) in [6.07, 6.45) is 5.33. The van der Waals surface area contributed by atoms with E-state index < -0.39 is 34.3 Å². The van der Waals surface area contributed by atoms with Crippen LogP contribution in [-0.4, -0.2) is 50.0 Å². The molecule has 0 saturated heterocycles. The van der Waals surface area contributed by atoms with Crippen LogP contribution in [0.25, 0.3) is 0 Å². The maximum atomic E-state index is 13.6. The molecule has 3 rings (SSSR count). The van der Waals surface area contributed by atoms with E-state index in [4.69, 9.17) is 0 Å². The number of anilines is 1. The van der Waals surface area contributed by atoms with Gasteiger partial charge in [-0.1, -0.05) is 44.0 Å². The van der Waals surface area contributed by atoms with Gasteiger partial charge < -0.3 is 10.2 Å². The molecule has 1 saturated carbocycles. The van der Waals surface area contributed by atoms with Crippen molar-refractivity contribution in [2.24, 2.45) is 0 Å². The molecular weight excluding hydrogens is 469 g/mol. The summed E-state index contributed by atoms with van der Waals surface area (Å²) in [6, 6.07) is 11.9. The van der Waals surface area contributed by atoms with Crippen molar-refractivity contribution in [2.45, 2.75) is 64.6 Å². The summed E-state index contributed by atoms with van der Waals surface area (Å²) in [5.41, 5.74) is 1.88. The Morgan fingerprint density at radius 1 is 1.11 bits per heavy atom. The summed E-state index contributed by atoms with van der Waals surface area (Å²) in [4.78, 5) is 28.3. The fourth-order valence-corrected chi connectivity index (χ4v) is 5.31. The van der Waals surface area contributed by atoms with Gasteiger partial charge in [0, 0.05) is 12.6 Å². The lowest BCUT2D eigenvalue weighted by atomic mass is 10.1. The van der Waals surface area contributed by atoms with E-state index in [1.54, 1.807) is 30.3 Å². The zero-order valence-electron chi connectivity index (χ0n) is 20.5. The number of halogens is 1. The highest BCUT2D eigenvalue weighted by Gasteiger charge is 2.33. The molecule has 1 N–H and O–H groups in total. The van der Waals surface area contributed by atoms with Gasteiger partial charge in [0.1, 0.15) is 18.4 Å². The molecular formula is C26H34FN3O4S. The first-order valence-electron chi connectivity index (χ1n) is 12.0. The molecule has 35 heavy (non-hydrogen) atoms. The van der Waals surface area contributed by atoms with E-state index in [0.717, 1.165) is 41.8 Å². The van der Waals surface area contributed by atoms with Gasteiger partial charge in [-0.15, -0.1) is 0 Å². The Balaban J connectivity index is 1.91. The normalized spacial score (nSPS) is 15.0. The molecule has 0 aliphatic heterocycles. The Morgan fingerprint density at radius 2 is 1.77 bits per heavy atom. The summed E-state index contributed by atoms with van der Waals surface area (Å²) < 4.78 is 39.8. The van der Waals surface area contributed by atoms with Crippen molar-refractivity contribution in [1.82, 2.24) is 10.2 Å². The number of hydrogen-bond acceptors (Lipinski definition) is 4. The molecule has 0 aromatic heterocycles. The molecule has 0 heterocycles. The Hall–Kier alpha value is -2.94. The molecule has 7 nitrogen and oxygen atoms in total. The number of nitrogens with zero attached hydrogens (tertiary/aromatic N) is 2. The monoisotopic (exact) mass is 503 g/mol. The van der Waals surface area contributed by atoms with E-state index in [2.05, 4.69) is 5.32 Å². The molecule has 0 spiro atoms. The van der Waals surface area contributed by atoms with E-state index >= 15 is 0 Å². The number of carbonyl (C=O) groups excluding carboxylic acids is 2. The highest BCUT2D eigenvalue weighted by Crippen LogP contribution is 2.22. The van der Waals surface area contributed by atoms with Crippen LogP contribution in [0.5, 0.6) is 0 Å². The molecule has 1 aliphatic rings. The summed E-state index contributed by atoms with van der Waals surface area (Å²) in [5.74, 6) is -1.16. The van der Waals surface area contributed by atoms with E-state index in [0.29, 0.717) is 17.7 Å². The molecule has 2 aromatic rings. The maximum absolute atomic E-state index is 13.6. The number of carbonyl (C=O) groups is 2. The Morgan fingerprint density at radius 3 is 2.34 bits per heavy atom. The first-order chi connectivity index (χ1) is 16.6. The second kappa shape index (κ2) is 11.7. The summed E-state index contributed by atoms with van der Waals surface area (Å²) >= 11 is 0. The number of sulfonamides is 1. The second-order valence-corrected chi connectivity index (χ2v) is 11.1. The quantitative estimate of drug-likeness (QED) is 0.535. The van der Waals surface area contributed by atoms with Crippen molar-refractivity contribution in [1.29, 1.82) is 0 Å². The van der Waals surface area contributed by atoms with E-state index in [9.17, 15) is 22.4 Å². The van der Waals surface area contributed by atoms with Crippen molar-refractivity contribution in [3.63, 3.8) is 0 Å². The van der Waals surface area contributed by atoms with Crippen LogP contribution in [0.1, 0.15) is 50.2 Å². The third kappa shape index (κ3) is 7.27. The summed E-state index contributed by atoms with van der Waals surface area (Å²) in [7, 11) is -3.78. The molecule has 1 atom stereocenters. The SMILES string of the molecule is CC[C@@H](C(=O)NC1CCCC1)N(Cc1ccc(F)cc1)C(=O)CN(c1cccc(C)c1)S(C)(=O)=O. The third-order valence-electron chi connectivity index (χ3n) is 6.32. The zero-order chi connectivity index (χ0) is 25.6. The largest absolute Gasteiger partial charge is 0.352 e. The maximum Gasteiger partial charge on any atom is 0.244 e. The highest BCUT2D eigenvalue weighted by atomic mass is 32.2. The Kier molecular flexibility index (Phi) is 8.88. The van der Waals surface area contributed by atoms with Gasteiger partial charge >= 0.3 is 0 Å². The Bertz CT molecular complexity index is 1130. The molecule has 190 valence electrons. The summed E-state index contributed by atoms with van der Waals surface area (Å²) in [6.45, 7) is 3.27. The van der Waals surface area contributed by atoms with E-state index in [1.807, 2.05) is 19.9 Å². The number of rotatable bonds is 10. The van der Waals surface area contributed by atoms with Crippen molar-refractivity contribution in [3.05, 3.63) is 65.5 Å². The van der Waals surface area contributed by atoms with Crippen molar-refractivity contribution >= 4 is 27.5 Å². The molecule has 1 fully saturated rings. The lowest BCUT2D eigenvalue weighted by molar-refractivity contribution is -0.140. The highest BCUT2D eigenvalue weighted by molar-refractivity contribution is 7.92. The molecule has 1 aliphatic carbocycles. The first kappa shape index (κ1) is 26.7. The van der Waals surface area contributed by atoms with E-state index in [-0.39, 0.29) is 18.5 Å². The number of benzene rings is 2. The standard InChI is InChI=1S/C26H34FN3O4S/c1-4-24(26(32)28-22-9-5-6-10-22)29(17-20-12-14-21(27)15-13-20)25(31)18-30(35(3,33)34)23-11-7-8-19(2)16-23/h7-8,11-16,22,24H,4-6,9-10,17-18H2,1-3H3,(H,28,32)/t24-/m0/s1. The average Bonchev–Trinajstić information content (AvgIpc) is 3.30. The van der Waals surface area contributed by atoms with Gasteiger partial charge in [-0.25, -0.2) is 12.8 Å². The van der Waals surface area contributed by atoms with Crippen LogP contribution in [0, 0.1) is 12.7 Å². The minimum atomic E-state index is -3.78. The predicted octanol–water partition coefficient (Wildman–Crippen LogP) is 3.77. The zero-order valence-corrected chi connectivity index (χ0v) is 21.4. The van der Waals surface area contributed by atoms with Crippen molar-refractivity contribution in [2.75, 3.05) is 17.1 Å². The molecule has 2 aromatic carbocycles.